The van der Waals surface area contributed by atoms with E-state index in [0.717, 1.165) is 23.1 Å². The van der Waals surface area contributed by atoms with Crippen molar-refractivity contribution in [3.63, 3.8) is 0 Å². The van der Waals surface area contributed by atoms with Gasteiger partial charge >= 0.3 is 6.18 Å². The van der Waals surface area contributed by atoms with Crippen molar-refractivity contribution in [2.75, 3.05) is 19.4 Å². The molecule has 0 saturated carbocycles. The van der Waals surface area contributed by atoms with Crippen LogP contribution in [0.1, 0.15) is 11.3 Å². The van der Waals surface area contributed by atoms with Gasteiger partial charge in [-0.3, -0.25) is 9.59 Å². The molecule has 6 nitrogen and oxygen atoms in total. The first kappa shape index (κ1) is 19.8. The Labute approximate surface area is 151 Å². The van der Waals surface area contributed by atoms with Gasteiger partial charge in [-0.25, -0.2) is 4.98 Å². The summed E-state index contributed by atoms with van der Waals surface area (Å²) in [6.07, 6.45) is -4.12. The van der Waals surface area contributed by atoms with E-state index in [1.165, 1.54) is 0 Å². The van der Waals surface area contributed by atoms with Gasteiger partial charge in [0.1, 0.15) is 5.75 Å². The zero-order valence-corrected chi connectivity index (χ0v) is 14.5. The van der Waals surface area contributed by atoms with Crippen molar-refractivity contribution in [2.45, 2.75) is 17.8 Å². The molecule has 2 rings (SSSR count). The van der Waals surface area contributed by atoms with Crippen molar-refractivity contribution in [3.05, 3.63) is 51.9 Å². The van der Waals surface area contributed by atoms with Gasteiger partial charge in [-0.05, 0) is 24.1 Å². The molecule has 2 aromatic rings. The minimum Gasteiger partial charge on any atom is -0.497 e. The topological polar surface area (TPSA) is 84.1 Å². The van der Waals surface area contributed by atoms with Crippen LogP contribution in [0.15, 0.2) is 40.3 Å². The van der Waals surface area contributed by atoms with E-state index >= 15 is 0 Å². The number of aromatic nitrogens is 2. The summed E-state index contributed by atoms with van der Waals surface area (Å²) in [5, 5.41) is 2.40. The third-order valence-electron chi connectivity index (χ3n) is 3.25. The standard InChI is InChI=1S/C16H16F3N3O3S/c1-25-11-4-2-10(3-5-11)6-7-20-14(24)9-26-15-21-12(16(17,18)19)8-13(23)22-15/h2-5,8H,6-7,9H2,1H3,(H,20,24)(H,21,22,23). The molecule has 0 aliphatic carbocycles. The second kappa shape index (κ2) is 8.75. The van der Waals surface area contributed by atoms with Gasteiger partial charge in [-0.2, -0.15) is 13.2 Å². The lowest BCUT2D eigenvalue weighted by Crippen LogP contribution is -2.27. The molecule has 0 bridgehead atoms. The van der Waals surface area contributed by atoms with Gasteiger partial charge < -0.3 is 15.0 Å². The maximum Gasteiger partial charge on any atom is 0.433 e. The highest BCUT2D eigenvalue weighted by molar-refractivity contribution is 7.99. The van der Waals surface area contributed by atoms with Crippen LogP contribution in [0.5, 0.6) is 5.75 Å². The quantitative estimate of drug-likeness (QED) is 0.562. The third kappa shape index (κ3) is 6.10. The second-order valence-corrected chi connectivity index (χ2v) is 6.13. The Morgan fingerprint density at radius 1 is 1.31 bits per heavy atom. The Morgan fingerprint density at radius 2 is 2.00 bits per heavy atom. The van der Waals surface area contributed by atoms with Gasteiger partial charge in [0, 0.05) is 12.6 Å². The number of nitrogens with zero attached hydrogens (tertiary/aromatic N) is 1. The Hall–Kier alpha value is -2.49. The van der Waals surface area contributed by atoms with Crippen LogP contribution < -0.4 is 15.6 Å². The number of methoxy groups -OCH3 is 1. The van der Waals surface area contributed by atoms with Crippen LogP contribution >= 0.6 is 11.8 Å². The number of halogens is 3. The van der Waals surface area contributed by atoms with Crippen molar-refractivity contribution in [1.82, 2.24) is 15.3 Å². The molecular formula is C16H16F3N3O3S. The lowest BCUT2D eigenvalue weighted by atomic mass is 10.1. The first-order valence-electron chi connectivity index (χ1n) is 7.49. The summed E-state index contributed by atoms with van der Waals surface area (Å²) < 4.78 is 42.9. The van der Waals surface area contributed by atoms with Gasteiger partial charge in [-0.1, -0.05) is 23.9 Å². The van der Waals surface area contributed by atoms with E-state index < -0.39 is 17.4 Å². The molecule has 140 valence electrons. The second-order valence-electron chi connectivity index (χ2n) is 5.17. The normalized spacial score (nSPS) is 11.2. The fourth-order valence-electron chi connectivity index (χ4n) is 1.97. The smallest absolute Gasteiger partial charge is 0.433 e. The van der Waals surface area contributed by atoms with E-state index in [2.05, 4.69) is 15.3 Å². The molecule has 0 atom stereocenters. The molecule has 1 heterocycles. The fourth-order valence-corrected chi connectivity index (χ4v) is 2.68. The predicted molar refractivity (Wildman–Crippen MR) is 90.3 cm³/mol. The minimum atomic E-state index is -4.72. The molecule has 2 N–H and O–H groups in total. The zero-order chi connectivity index (χ0) is 19.2. The van der Waals surface area contributed by atoms with Crippen LogP contribution in [-0.4, -0.2) is 35.3 Å². The van der Waals surface area contributed by atoms with Crippen molar-refractivity contribution >= 4 is 17.7 Å². The van der Waals surface area contributed by atoms with E-state index in [-0.39, 0.29) is 16.8 Å². The number of H-pyrrole nitrogens is 1. The molecule has 1 amide bonds. The largest absolute Gasteiger partial charge is 0.497 e. The molecule has 0 unspecified atom stereocenters. The maximum atomic E-state index is 12.6. The lowest BCUT2D eigenvalue weighted by molar-refractivity contribution is -0.141. The van der Waals surface area contributed by atoms with E-state index in [1.54, 1.807) is 7.11 Å². The molecule has 1 aromatic carbocycles. The van der Waals surface area contributed by atoms with E-state index in [4.69, 9.17) is 4.74 Å². The Morgan fingerprint density at radius 3 is 2.62 bits per heavy atom. The first-order valence-corrected chi connectivity index (χ1v) is 8.47. The van der Waals surface area contributed by atoms with Gasteiger partial charge in [0.25, 0.3) is 5.56 Å². The highest BCUT2D eigenvalue weighted by Gasteiger charge is 2.33. The monoisotopic (exact) mass is 387 g/mol. The van der Waals surface area contributed by atoms with E-state index in [0.29, 0.717) is 19.0 Å². The molecule has 0 spiro atoms. The number of ether oxygens (including phenoxy) is 1. The average molecular weight is 387 g/mol. The van der Waals surface area contributed by atoms with Crippen LogP contribution in [0, 0.1) is 0 Å². The number of benzene rings is 1. The maximum absolute atomic E-state index is 12.6. The zero-order valence-electron chi connectivity index (χ0n) is 13.7. The summed E-state index contributed by atoms with van der Waals surface area (Å²) in [6.45, 7) is 0.373. The summed E-state index contributed by atoms with van der Waals surface area (Å²) >= 11 is 0.729. The lowest BCUT2D eigenvalue weighted by Gasteiger charge is -2.08. The SMILES string of the molecule is COc1ccc(CCNC(=O)CSc2nc(C(F)(F)F)cc(=O)[nH]2)cc1. The average Bonchev–Trinajstić information content (AvgIpc) is 2.59. The van der Waals surface area contributed by atoms with Crippen LogP contribution in [-0.2, 0) is 17.4 Å². The number of carbonyl (C=O) groups excluding carboxylic acids is 1. The molecule has 10 heteroatoms. The summed E-state index contributed by atoms with van der Waals surface area (Å²) in [7, 11) is 1.57. The Balaban J connectivity index is 1.81. The highest BCUT2D eigenvalue weighted by Crippen LogP contribution is 2.27. The Bertz CT molecular complexity index is 807. The number of hydrogen-bond acceptors (Lipinski definition) is 5. The van der Waals surface area contributed by atoms with E-state index in [1.807, 2.05) is 24.3 Å². The van der Waals surface area contributed by atoms with Crippen LogP contribution in [0.2, 0.25) is 0 Å². The molecule has 0 aliphatic rings. The van der Waals surface area contributed by atoms with Crippen LogP contribution in [0.3, 0.4) is 0 Å². The molecule has 0 radical (unpaired) electrons. The number of thioether (sulfide) groups is 1. The molecule has 0 fully saturated rings. The number of carbonyl (C=O) groups is 1. The number of amides is 1. The summed E-state index contributed by atoms with van der Waals surface area (Å²) in [5.74, 6) is 0.202. The molecule has 0 saturated heterocycles. The van der Waals surface area contributed by atoms with Gasteiger partial charge in [0.05, 0.1) is 12.9 Å². The number of rotatable bonds is 7. The first-order chi connectivity index (χ1) is 12.3. The molecular weight excluding hydrogens is 371 g/mol. The predicted octanol–water partition coefficient (Wildman–Crippen LogP) is 2.25. The van der Waals surface area contributed by atoms with E-state index in [9.17, 15) is 22.8 Å². The summed E-state index contributed by atoms with van der Waals surface area (Å²) in [4.78, 5) is 28.5. The van der Waals surface area contributed by atoms with Crippen LogP contribution in [0.25, 0.3) is 0 Å². The molecule has 26 heavy (non-hydrogen) atoms. The summed E-state index contributed by atoms with van der Waals surface area (Å²) in [5.41, 5.74) is -1.21. The number of hydrogen-bond donors (Lipinski definition) is 2. The number of nitrogens with one attached hydrogen (secondary N) is 2. The number of alkyl halides is 3. The minimum absolute atomic E-state index is 0.160. The van der Waals surface area contributed by atoms with Gasteiger partial charge in [0.2, 0.25) is 5.91 Å². The van der Waals surface area contributed by atoms with Crippen molar-refractivity contribution in [1.29, 1.82) is 0 Å². The Kier molecular flexibility index (Phi) is 6.67. The fraction of sp³-hybridized carbons (Fsp3) is 0.312. The molecule has 0 aliphatic heterocycles. The van der Waals surface area contributed by atoms with Crippen LogP contribution in [0.4, 0.5) is 13.2 Å². The summed E-state index contributed by atoms with van der Waals surface area (Å²) in [6, 6.07) is 7.73. The van der Waals surface area contributed by atoms with Crippen molar-refractivity contribution < 1.29 is 22.7 Å². The number of aromatic amines is 1. The molecule has 1 aromatic heterocycles. The van der Waals surface area contributed by atoms with Gasteiger partial charge in [-0.15, -0.1) is 0 Å². The van der Waals surface area contributed by atoms with Crippen molar-refractivity contribution in [3.8, 4) is 5.75 Å². The highest BCUT2D eigenvalue weighted by atomic mass is 32.2. The van der Waals surface area contributed by atoms with Gasteiger partial charge in [0.15, 0.2) is 10.9 Å². The third-order valence-corrected chi connectivity index (χ3v) is 4.12. The van der Waals surface area contributed by atoms with Crippen molar-refractivity contribution in [2.24, 2.45) is 0 Å².